The van der Waals surface area contributed by atoms with Crippen LogP contribution in [0.1, 0.15) is 64.4 Å². The lowest BCUT2D eigenvalue weighted by molar-refractivity contribution is -0.134. The first-order valence-corrected chi connectivity index (χ1v) is 11.0. The van der Waals surface area contributed by atoms with Gasteiger partial charge in [0.15, 0.2) is 0 Å². The maximum absolute atomic E-state index is 10.8. The Labute approximate surface area is 169 Å². The van der Waals surface area contributed by atoms with Gasteiger partial charge in [0.2, 0.25) is 0 Å². The largest absolute Gasteiger partial charge is 0.464 e. The molecule has 28 heavy (non-hydrogen) atoms. The molecule has 3 nitrogen and oxygen atoms in total. The van der Waals surface area contributed by atoms with Gasteiger partial charge in [0.25, 0.3) is 6.47 Å². The fraction of sp³-hybridized carbons (Fsp3) is 0.600. The smallest absolute Gasteiger partial charge is 0.293 e. The van der Waals surface area contributed by atoms with Crippen LogP contribution in [0.4, 0.5) is 0 Å². The number of nitrogens with zero attached hydrogens (tertiary/aromatic N) is 1. The third-order valence-corrected chi connectivity index (χ3v) is 7.94. The molecule has 0 saturated heterocycles. The molecule has 0 radical (unpaired) electrons. The van der Waals surface area contributed by atoms with Crippen LogP contribution in [0, 0.1) is 29.1 Å². The normalized spacial score (nSPS) is 38.1. The molecule has 0 aromatic carbocycles. The summed E-state index contributed by atoms with van der Waals surface area (Å²) in [6.45, 7) is 5.54. The van der Waals surface area contributed by atoms with Gasteiger partial charge >= 0.3 is 0 Å². The highest BCUT2D eigenvalue weighted by atomic mass is 16.5. The van der Waals surface area contributed by atoms with Crippen LogP contribution in [0.3, 0.4) is 0 Å². The number of carbonyl (C=O) groups excluding carboxylic acids is 1. The molecule has 3 aliphatic carbocycles. The Kier molecular flexibility index (Phi) is 5.70. The summed E-state index contributed by atoms with van der Waals surface area (Å²) in [6.07, 6.45) is 19.0. The highest BCUT2D eigenvalue weighted by molar-refractivity contribution is 5.72. The molecule has 1 heterocycles. The highest BCUT2D eigenvalue weighted by Gasteiger charge is 2.51. The molecule has 0 aliphatic heterocycles. The van der Waals surface area contributed by atoms with Gasteiger partial charge in [-0.05, 0) is 84.8 Å². The Bertz CT molecular complexity index is 740. The average Bonchev–Trinajstić information content (AvgIpc) is 3.06. The fourth-order valence-corrected chi connectivity index (χ4v) is 6.38. The molecule has 150 valence electrons. The quantitative estimate of drug-likeness (QED) is 0.490. The van der Waals surface area contributed by atoms with E-state index in [2.05, 4.69) is 49.2 Å². The third kappa shape index (κ3) is 3.56. The Hall–Kier alpha value is -1.90. The first kappa shape index (κ1) is 19.4. The molecule has 1 fully saturated rings. The van der Waals surface area contributed by atoms with Crippen LogP contribution < -0.4 is 0 Å². The molecule has 3 heteroatoms. The van der Waals surface area contributed by atoms with Crippen LogP contribution in [-0.4, -0.2) is 17.6 Å². The molecular formula is C25H33NO2. The number of hydrogen-bond donors (Lipinski definition) is 0. The van der Waals surface area contributed by atoms with Gasteiger partial charge in [-0.1, -0.05) is 38.1 Å². The minimum Gasteiger partial charge on any atom is -0.464 e. The van der Waals surface area contributed by atoms with Gasteiger partial charge in [-0.2, -0.15) is 0 Å². The Morgan fingerprint density at radius 2 is 2.00 bits per heavy atom. The SMILES string of the molecule is CC1CCC(OC=O)CC=CCC2C1CCC1(C)C(c3cccnc3)=CCC21. The number of rotatable bonds is 3. The predicted octanol–water partition coefficient (Wildman–Crippen LogP) is 5.83. The van der Waals surface area contributed by atoms with E-state index in [-0.39, 0.29) is 11.5 Å². The molecule has 6 unspecified atom stereocenters. The number of fused-ring (bicyclic) bond motifs is 3. The van der Waals surface area contributed by atoms with Crippen molar-refractivity contribution in [3.8, 4) is 0 Å². The van der Waals surface area contributed by atoms with Crippen molar-refractivity contribution in [2.24, 2.45) is 29.1 Å². The van der Waals surface area contributed by atoms with Gasteiger partial charge in [0.05, 0.1) is 0 Å². The highest BCUT2D eigenvalue weighted by Crippen LogP contribution is 2.61. The molecule has 0 N–H and O–H groups in total. The lowest BCUT2D eigenvalue weighted by atomic mass is 9.55. The Balaban J connectivity index is 1.57. The fourth-order valence-electron chi connectivity index (χ4n) is 6.38. The van der Waals surface area contributed by atoms with Crippen molar-refractivity contribution >= 4 is 12.0 Å². The van der Waals surface area contributed by atoms with Gasteiger partial charge in [0.1, 0.15) is 6.10 Å². The van der Waals surface area contributed by atoms with Gasteiger partial charge in [-0.25, -0.2) is 0 Å². The summed E-state index contributed by atoms with van der Waals surface area (Å²) in [5.41, 5.74) is 3.10. The van der Waals surface area contributed by atoms with Crippen molar-refractivity contribution in [3.05, 3.63) is 48.3 Å². The lowest BCUT2D eigenvalue weighted by Crippen LogP contribution is -2.42. The number of aromatic nitrogens is 1. The number of allylic oxidation sites excluding steroid dienone is 3. The molecule has 4 rings (SSSR count). The summed E-state index contributed by atoms with van der Waals surface area (Å²) in [4.78, 5) is 15.2. The summed E-state index contributed by atoms with van der Waals surface area (Å²) in [7, 11) is 0. The summed E-state index contributed by atoms with van der Waals surface area (Å²) in [5.74, 6) is 2.90. The summed E-state index contributed by atoms with van der Waals surface area (Å²) in [5, 5.41) is 0. The van der Waals surface area contributed by atoms with Gasteiger partial charge in [-0.3, -0.25) is 9.78 Å². The predicted molar refractivity (Wildman–Crippen MR) is 112 cm³/mol. The maximum Gasteiger partial charge on any atom is 0.293 e. The number of hydrogen-bond acceptors (Lipinski definition) is 3. The zero-order valence-corrected chi connectivity index (χ0v) is 17.2. The van der Waals surface area contributed by atoms with E-state index in [1.807, 2.05) is 12.4 Å². The van der Waals surface area contributed by atoms with Crippen LogP contribution in [0.25, 0.3) is 5.57 Å². The minimum atomic E-state index is 0.0481. The zero-order valence-electron chi connectivity index (χ0n) is 17.2. The van der Waals surface area contributed by atoms with E-state index in [1.165, 1.54) is 30.4 Å². The van der Waals surface area contributed by atoms with E-state index < -0.39 is 0 Å². The van der Waals surface area contributed by atoms with Crippen LogP contribution >= 0.6 is 0 Å². The van der Waals surface area contributed by atoms with E-state index in [9.17, 15) is 4.79 Å². The van der Waals surface area contributed by atoms with E-state index in [4.69, 9.17) is 4.74 Å². The van der Waals surface area contributed by atoms with E-state index in [1.54, 1.807) is 0 Å². The number of carbonyl (C=O) groups is 1. The van der Waals surface area contributed by atoms with Crippen molar-refractivity contribution in [2.45, 2.75) is 64.9 Å². The van der Waals surface area contributed by atoms with Crippen molar-refractivity contribution in [3.63, 3.8) is 0 Å². The molecule has 6 atom stereocenters. The zero-order chi connectivity index (χ0) is 19.6. The van der Waals surface area contributed by atoms with Crippen molar-refractivity contribution in [1.82, 2.24) is 4.98 Å². The van der Waals surface area contributed by atoms with Crippen LogP contribution in [-0.2, 0) is 9.53 Å². The Morgan fingerprint density at radius 3 is 2.79 bits per heavy atom. The first-order valence-electron chi connectivity index (χ1n) is 11.0. The standard InChI is InChI=1S/C25H33NO2/c1-18-9-10-20(28-17-27)7-3-4-8-22-21(18)13-14-25(2)23(11-12-24(22)25)19-6-5-15-26-16-19/h3-6,11,15-18,20-22,24H,7-10,12-14H2,1-2H3. The molecule has 0 spiro atoms. The number of ether oxygens (including phenoxy) is 1. The van der Waals surface area contributed by atoms with Crippen molar-refractivity contribution in [2.75, 3.05) is 0 Å². The van der Waals surface area contributed by atoms with Gasteiger partial charge < -0.3 is 4.74 Å². The molecule has 0 amide bonds. The van der Waals surface area contributed by atoms with Crippen molar-refractivity contribution in [1.29, 1.82) is 0 Å². The molecule has 0 bridgehead atoms. The number of pyridine rings is 1. The molecular weight excluding hydrogens is 346 g/mol. The summed E-state index contributed by atoms with van der Waals surface area (Å²) in [6, 6.07) is 4.28. The van der Waals surface area contributed by atoms with Crippen molar-refractivity contribution < 1.29 is 9.53 Å². The van der Waals surface area contributed by atoms with Gasteiger partial charge in [0, 0.05) is 18.8 Å². The second-order valence-corrected chi connectivity index (χ2v) is 9.34. The second-order valence-electron chi connectivity index (χ2n) is 9.34. The molecule has 1 aromatic rings. The summed E-state index contributed by atoms with van der Waals surface area (Å²) >= 11 is 0. The third-order valence-electron chi connectivity index (χ3n) is 7.94. The van der Waals surface area contributed by atoms with E-state index in [0.29, 0.717) is 12.4 Å². The Morgan fingerprint density at radius 1 is 1.14 bits per heavy atom. The molecule has 1 saturated carbocycles. The average molecular weight is 380 g/mol. The maximum atomic E-state index is 10.8. The van der Waals surface area contributed by atoms with Crippen LogP contribution in [0.2, 0.25) is 0 Å². The van der Waals surface area contributed by atoms with Crippen LogP contribution in [0.15, 0.2) is 42.8 Å². The monoisotopic (exact) mass is 379 g/mol. The van der Waals surface area contributed by atoms with Gasteiger partial charge in [-0.15, -0.1) is 0 Å². The minimum absolute atomic E-state index is 0.0481. The topological polar surface area (TPSA) is 39.2 Å². The second kappa shape index (κ2) is 8.23. The lowest BCUT2D eigenvalue weighted by Gasteiger charge is -2.50. The van der Waals surface area contributed by atoms with E-state index in [0.717, 1.165) is 43.4 Å². The molecule has 3 aliphatic rings. The van der Waals surface area contributed by atoms with Crippen LogP contribution in [0.5, 0.6) is 0 Å². The molecule has 1 aromatic heterocycles. The first-order chi connectivity index (χ1) is 13.6. The van der Waals surface area contributed by atoms with E-state index >= 15 is 0 Å². The summed E-state index contributed by atoms with van der Waals surface area (Å²) < 4.78 is 5.30.